The van der Waals surface area contributed by atoms with Gasteiger partial charge in [-0.3, -0.25) is 4.79 Å². The van der Waals surface area contributed by atoms with Crippen molar-refractivity contribution in [2.24, 2.45) is 0 Å². The summed E-state index contributed by atoms with van der Waals surface area (Å²) in [6.07, 6.45) is 0.788. The zero-order chi connectivity index (χ0) is 22.4. The van der Waals surface area contributed by atoms with Gasteiger partial charge in [0.05, 0.1) is 10.5 Å². The summed E-state index contributed by atoms with van der Waals surface area (Å²) in [5.74, 6) is -0.305. The van der Waals surface area contributed by atoms with Crippen LogP contribution in [0.3, 0.4) is 0 Å². The zero-order valence-corrected chi connectivity index (χ0v) is 20.3. The van der Waals surface area contributed by atoms with Gasteiger partial charge in [-0.15, -0.1) is 0 Å². The normalized spacial score (nSPS) is 12.2. The number of carbonyl (C=O) groups is 1. The number of hydrogen-bond donors (Lipinski definition) is 2. The SMILES string of the molecule is CN(CCCNC(=O)c1cc(S(=O)(=O)NC(C)(C)C)ccc1Br)Cc1ccccc1. The fraction of sp³-hybridized carbons (Fsp3) is 0.409. The second-order valence-electron chi connectivity index (χ2n) is 8.33. The van der Waals surface area contributed by atoms with Crippen molar-refractivity contribution < 1.29 is 13.2 Å². The Kier molecular flexibility index (Phi) is 8.61. The molecule has 8 heteroatoms. The minimum Gasteiger partial charge on any atom is -0.352 e. The van der Waals surface area contributed by atoms with Crippen LogP contribution in [0.2, 0.25) is 0 Å². The summed E-state index contributed by atoms with van der Waals surface area (Å²) in [6, 6.07) is 14.7. The van der Waals surface area contributed by atoms with E-state index < -0.39 is 15.6 Å². The van der Waals surface area contributed by atoms with Crippen LogP contribution in [0.1, 0.15) is 43.1 Å². The Morgan fingerprint density at radius 2 is 1.77 bits per heavy atom. The highest BCUT2D eigenvalue weighted by atomic mass is 79.9. The lowest BCUT2D eigenvalue weighted by Gasteiger charge is -2.20. The van der Waals surface area contributed by atoms with E-state index in [4.69, 9.17) is 0 Å². The Morgan fingerprint density at radius 3 is 2.40 bits per heavy atom. The van der Waals surface area contributed by atoms with E-state index in [-0.39, 0.29) is 10.8 Å². The maximum absolute atomic E-state index is 12.6. The van der Waals surface area contributed by atoms with Gasteiger partial charge in [0.15, 0.2) is 0 Å². The van der Waals surface area contributed by atoms with E-state index in [1.165, 1.54) is 17.7 Å². The van der Waals surface area contributed by atoms with Gasteiger partial charge in [-0.25, -0.2) is 13.1 Å². The molecule has 0 radical (unpaired) electrons. The van der Waals surface area contributed by atoms with Crippen LogP contribution in [0, 0.1) is 0 Å². The van der Waals surface area contributed by atoms with Gasteiger partial charge in [0, 0.05) is 23.1 Å². The molecule has 0 saturated heterocycles. The maximum Gasteiger partial charge on any atom is 0.252 e. The lowest BCUT2D eigenvalue weighted by Crippen LogP contribution is -2.40. The van der Waals surface area contributed by atoms with Crippen molar-refractivity contribution in [2.75, 3.05) is 20.1 Å². The highest BCUT2D eigenvalue weighted by molar-refractivity contribution is 9.10. The van der Waals surface area contributed by atoms with Crippen molar-refractivity contribution in [3.8, 4) is 0 Å². The highest BCUT2D eigenvalue weighted by Gasteiger charge is 2.23. The first-order chi connectivity index (χ1) is 14.0. The van der Waals surface area contributed by atoms with Crippen LogP contribution in [0.4, 0.5) is 0 Å². The second-order valence-corrected chi connectivity index (χ2v) is 10.9. The number of carbonyl (C=O) groups excluding carboxylic acids is 1. The molecule has 0 bridgehead atoms. The molecule has 0 aliphatic rings. The molecule has 0 heterocycles. The monoisotopic (exact) mass is 495 g/mol. The summed E-state index contributed by atoms with van der Waals surface area (Å²) >= 11 is 3.34. The van der Waals surface area contributed by atoms with Gasteiger partial charge in [0.2, 0.25) is 10.0 Å². The first-order valence-corrected chi connectivity index (χ1v) is 12.1. The molecule has 2 rings (SSSR count). The third-order valence-corrected chi connectivity index (χ3v) is 6.68. The summed E-state index contributed by atoms with van der Waals surface area (Å²) in [5.41, 5.74) is 0.930. The smallest absolute Gasteiger partial charge is 0.252 e. The largest absolute Gasteiger partial charge is 0.352 e. The van der Waals surface area contributed by atoms with Gasteiger partial charge >= 0.3 is 0 Å². The van der Waals surface area contributed by atoms with Crippen LogP contribution in [0.5, 0.6) is 0 Å². The van der Waals surface area contributed by atoms with Gasteiger partial charge in [0.1, 0.15) is 0 Å². The van der Waals surface area contributed by atoms with Crippen molar-refractivity contribution in [1.82, 2.24) is 14.9 Å². The Hall–Kier alpha value is -1.74. The molecule has 0 atom stereocenters. The van der Waals surface area contributed by atoms with Gasteiger partial charge < -0.3 is 10.2 Å². The average molecular weight is 496 g/mol. The zero-order valence-electron chi connectivity index (χ0n) is 17.9. The minimum absolute atomic E-state index is 0.0633. The molecule has 0 fully saturated rings. The number of sulfonamides is 1. The van der Waals surface area contributed by atoms with Crippen molar-refractivity contribution in [3.63, 3.8) is 0 Å². The molecule has 0 aromatic heterocycles. The Bertz CT molecular complexity index is 957. The number of nitrogens with one attached hydrogen (secondary N) is 2. The van der Waals surface area contributed by atoms with Crippen LogP contribution in [0.25, 0.3) is 0 Å². The molecule has 2 aromatic rings. The molecule has 164 valence electrons. The molecule has 30 heavy (non-hydrogen) atoms. The molecule has 0 unspecified atom stereocenters. The van der Waals surface area contributed by atoms with Crippen LogP contribution >= 0.6 is 15.9 Å². The van der Waals surface area contributed by atoms with Gasteiger partial charge in [-0.1, -0.05) is 30.3 Å². The van der Waals surface area contributed by atoms with Crippen molar-refractivity contribution in [1.29, 1.82) is 0 Å². The molecule has 2 N–H and O–H groups in total. The highest BCUT2D eigenvalue weighted by Crippen LogP contribution is 2.22. The van der Waals surface area contributed by atoms with Crippen LogP contribution in [-0.2, 0) is 16.6 Å². The maximum atomic E-state index is 12.6. The summed E-state index contributed by atoms with van der Waals surface area (Å²) in [4.78, 5) is 14.9. The standard InChI is InChI=1S/C22H30BrN3O3S/c1-22(2,3)25-30(28,29)18-11-12-20(23)19(15-18)21(27)24-13-8-14-26(4)16-17-9-6-5-7-10-17/h5-7,9-12,15,25H,8,13-14,16H2,1-4H3,(H,24,27). The Balaban J connectivity index is 1.92. The predicted octanol–water partition coefficient (Wildman–Crippen LogP) is 3.78. The summed E-state index contributed by atoms with van der Waals surface area (Å²) < 4.78 is 28.3. The van der Waals surface area contributed by atoms with E-state index in [2.05, 4.69) is 43.0 Å². The molecule has 6 nitrogen and oxygen atoms in total. The third-order valence-electron chi connectivity index (χ3n) is 4.23. The van der Waals surface area contributed by atoms with Gasteiger partial charge in [0.25, 0.3) is 5.91 Å². The number of hydrogen-bond acceptors (Lipinski definition) is 4. The van der Waals surface area contributed by atoms with Crippen LogP contribution < -0.4 is 10.0 Å². The topological polar surface area (TPSA) is 78.5 Å². The predicted molar refractivity (Wildman–Crippen MR) is 124 cm³/mol. The molecular formula is C22H30BrN3O3S. The quantitative estimate of drug-likeness (QED) is 0.518. The Labute approximate surface area is 188 Å². The van der Waals surface area contributed by atoms with Crippen LogP contribution in [-0.4, -0.2) is 44.9 Å². The number of rotatable bonds is 9. The molecule has 0 aliphatic carbocycles. The molecule has 1 amide bonds. The van der Waals surface area contributed by atoms with E-state index >= 15 is 0 Å². The second kappa shape index (κ2) is 10.5. The van der Waals surface area contributed by atoms with Crippen molar-refractivity contribution in [2.45, 2.75) is 44.2 Å². The van der Waals surface area contributed by atoms with E-state index in [0.717, 1.165) is 19.5 Å². The molecule has 0 spiro atoms. The van der Waals surface area contributed by atoms with Crippen LogP contribution in [0.15, 0.2) is 57.9 Å². The van der Waals surface area contributed by atoms with Gasteiger partial charge in [-0.2, -0.15) is 0 Å². The van der Waals surface area contributed by atoms with Crippen molar-refractivity contribution in [3.05, 3.63) is 64.1 Å². The molecule has 0 saturated carbocycles. The summed E-state index contributed by atoms with van der Waals surface area (Å²) in [5, 5.41) is 2.88. The fourth-order valence-corrected chi connectivity index (χ4v) is 4.80. The number of halogens is 1. The number of amides is 1. The van der Waals surface area contributed by atoms with Gasteiger partial charge in [-0.05, 0) is 80.5 Å². The first-order valence-electron chi connectivity index (χ1n) is 9.82. The number of benzene rings is 2. The molecule has 0 aliphatic heterocycles. The minimum atomic E-state index is -3.71. The molecular weight excluding hydrogens is 466 g/mol. The van der Waals surface area contributed by atoms with Crippen molar-refractivity contribution >= 4 is 31.9 Å². The van der Waals surface area contributed by atoms with E-state index in [1.807, 2.05) is 25.2 Å². The van der Waals surface area contributed by atoms with E-state index in [0.29, 0.717) is 16.6 Å². The third kappa shape index (κ3) is 7.83. The van der Waals surface area contributed by atoms with E-state index in [1.54, 1.807) is 26.8 Å². The summed E-state index contributed by atoms with van der Waals surface area (Å²) in [7, 11) is -1.67. The first kappa shape index (κ1) is 24.5. The molecule has 2 aromatic carbocycles. The lowest BCUT2D eigenvalue weighted by atomic mass is 10.1. The average Bonchev–Trinajstić information content (AvgIpc) is 2.64. The lowest BCUT2D eigenvalue weighted by molar-refractivity contribution is 0.0951. The van der Waals surface area contributed by atoms with E-state index in [9.17, 15) is 13.2 Å². The fourth-order valence-electron chi connectivity index (χ4n) is 2.93. The number of nitrogens with zero attached hydrogens (tertiary/aromatic N) is 1. The Morgan fingerprint density at radius 1 is 1.10 bits per heavy atom. The summed E-state index contributed by atoms with van der Waals surface area (Å²) in [6.45, 7) is 7.49.